The van der Waals surface area contributed by atoms with Crippen molar-refractivity contribution < 1.29 is 47.6 Å². The van der Waals surface area contributed by atoms with Gasteiger partial charge >= 0.3 is 23.9 Å². The normalized spacial score (nSPS) is 10.6. The van der Waals surface area contributed by atoms with Crippen molar-refractivity contribution in [3.8, 4) is 23.0 Å². The van der Waals surface area contributed by atoms with Crippen LogP contribution in [-0.4, -0.2) is 50.3 Å². The number of hydrogen-bond acceptors (Lipinski definition) is 10. The van der Waals surface area contributed by atoms with Crippen LogP contribution in [-0.2, 0) is 19.1 Å². The molecule has 284 valence electrons. The maximum Gasteiger partial charge on any atom is 0.343 e. The first kappa shape index (κ1) is 40.9. The lowest BCUT2D eigenvalue weighted by Gasteiger charge is -2.12. The Morgan fingerprint density at radius 3 is 1.17 bits per heavy atom. The minimum Gasteiger partial charge on any atom is -0.494 e. The fourth-order valence-electron chi connectivity index (χ4n) is 5.43. The molecule has 4 aromatic carbocycles. The first-order valence-electron chi connectivity index (χ1n) is 18.4. The maximum atomic E-state index is 13.1. The van der Waals surface area contributed by atoms with Crippen molar-refractivity contribution in [2.45, 2.75) is 64.2 Å². The summed E-state index contributed by atoms with van der Waals surface area (Å²) in [4.78, 5) is 48.2. The van der Waals surface area contributed by atoms with Crippen LogP contribution in [0.15, 0.2) is 110 Å². The predicted octanol–water partition coefficient (Wildman–Crippen LogP) is 9.40. The highest BCUT2D eigenvalue weighted by Gasteiger charge is 2.16. The van der Waals surface area contributed by atoms with Crippen molar-refractivity contribution in [3.63, 3.8) is 0 Å². The SMILES string of the molecule is C=CC(=O)OCCCCCCCOc1ccc(C(=O)Oc2cccc3c(OC(=O)c4ccc(OCCCCCCCOC(=O)C=C)cc4)cccc23)cc1. The molecule has 0 heterocycles. The molecular formula is C44H48O10. The van der Waals surface area contributed by atoms with E-state index in [0.29, 0.717) is 71.3 Å². The molecule has 0 fully saturated rings. The van der Waals surface area contributed by atoms with Gasteiger partial charge in [0.25, 0.3) is 0 Å². The van der Waals surface area contributed by atoms with E-state index in [-0.39, 0.29) is 0 Å². The Balaban J connectivity index is 1.20. The molecular weight excluding hydrogens is 688 g/mol. The second kappa shape index (κ2) is 22.9. The monoisotopic (exact) mass is 736 g/mol. The number of benzene rings is 4. The van der Waals surface area contributed by atoms with Gasteiger partial charge in [-0.25, -0.2) is 19.2 Å². The van der Waals surface area contributed by atoms with Gasteiger partial charge in [0.15, 0.2) is 0 Å². The molecule has 0 radical (unpaired) electrons. The average molecular weight is 737 g/mol. The number of carbonyl (C=O) groups is 4. The van der Waals surface area contributed by atoms with Crippen molar-refractivity contribution in [1.29, 1.82) is 0 Å². The molecule has 0 N–H and O–H groups in total. The standard InChI is InChI=1S/C44H48O10/c1-3-41(45)51-31-13-9-5-7-11-29-49-35-25-21-33(22-26-35)43(47)53-39-19-15-18-38-37(39)17-16-20-40(38)54-44(48)34-23-27-36(28-24-34)50-30-12-8-6-10-14-32-52-42(46)4-2/h3-4,15-28H,1-2,5-14,29-32H2. The number of ether oxygens (including phenoxy) is 6. The second-order valence-corrected chi connectivity index (χ2v) is 12.4. The number of rotatable bonds is 24. The number of unbranched alkanes of at least 4 members (excludes halogenated alkanes) is 8. The molecule has 0 amide bonds. The zero-order chi connectivity index (χ0) is 38.4. The fraction of sp³-hybridized carbons (Fsp3) is 0.318. The molecule has 0 atom stereocenters. The third-order valence-corrected chi connectivity index (χ3v) is 8.36. The van der Waals surface area contributed by atoms with E-state index in [4.69, 9.17) is 28.4 Å². The first-order chi connectivity index (χ1) is 26.4. The highest BCUT2D eigenvalue weighted by atomic mass is 16.5. The lowest BCUT2D eigenvalue weighted by Crippen LogP contribution is -2.10. The van der Waals surface area contributed by atoms with Crippen LogP contribution in [0.4, 0.5) is 0 Å². The van der Waals surface area contributed by atoms with Gasteiger partial charge in [0.05, 0.1) is 37.6 Å². The minimum atomic E-state index is -0.527. The number of fused-ring (bicyclic) bond motifs is 1. The topological polar surface area (TPSA) is 124 Å². The Labute approximate surface area is 316 Å². The highest BCUT2D eigenvalue weighted by Crippen LogP contribution is 2.33. The molecule has 4 aromatic rings. The summed E-state index contributed by atoms with van der Waals surface area (Å²) in [6.45, 7) is 8.68. The first-order valence-corrected chi connectivity index (χ1v) is 18.4. The van der Waals surface area contributed by atoms with Crippen molar-refractivity contribution in [3.05, 3.63) is 121 Å². The van der Waals surface area contributed by atoms with Gasteiger partial charge in [0.2, 0.25) is 0 Å². The molecule has 0 aromatic heterocycles. The summed E-state index contributed by atoms with van der Waals surface area (Å²) in [6.07, 6.45) is 11.7. The van der Waals surface area contributed by atoms with Crippen LogP contribution in [0.25, 0.3) is 10.8 Å². The van der Waals surface area contributed by atoms with Crippen LogP contribution >= 0.6 is 0 Å². The summed E-state index contributed by atoms with van der Waals surface area (Å²) in [5.74, 6) is 0.156. The molecule has 0 spiro atoms. The maximum absolute atomic E-state index is 13.1. The minimum absolute atomic E-state index is 0.338. The Morgan fingerprint density at radius 2 is 0.796 bits per heavy atom. The van der Waals surface area contributed by atoms with Crippen molar-refractivity contribution >= 4 is 34.6 Å². The smallest absolute Gasteiger partial charge is 0.343 e. The number of esters is 4. The zero-order valence-electron chi connectivity index (χ0n) is 30.6. The molecule has 4 rings (SSSR count). The largest absolute Gasteiger partial charge is 0.494 e. The van der Waals surface area contributed by atoms with Gasteiger partial charge in [-0.05, 0) is 86.3 Å². The van der Waals surface area contributed by atoms with E-state index in [2.05, 4.69) is 13.2 Å². The molecule has 0 aliphatic rings. The molecule has 10 nitrogen and oxygen atoms in total. The summed E-state index contributed by atoms with van der Waals surface area (Å²) >= 11 is 0. The molecule has 0 aliphatic heterocycles. The van der Waals surface area contributed by atoms with E-state index in [1.165, 1.54) is 12.2 Å². The number of hydrogen-bond donors (Lipinski definition) is 0. The summed E-state index contributed by atoms with van der Waals surface area (Å²) in [7, 11) is 0. The Kier molecular flexibility index (Phi) is 17.3. The Bertz CT molecular complexity index is 1690. The van der Waals surface area contributed by atoms with E-state index in [1.807, 2.05) is 0 Å². The van der Waals surface area contributed by atoms with Crippen molar-refractivity contribution in [2.75, 3.05) is 26.4 Å². The summed E-state index contributed by atoms with van der Waals surface area (Å²) in [5, 5.41) is 1.24. The van der Waals surface area contributed by atoms with Crippen LogP contribution in [0.3, 0.4) is 0 Å². The van der Waals surface area contributed by atoms with Crippen LogP contribution in [0.5, 0.6) is 23.0 Å². The van der Waals surface area contributed by atoms with E-state index >= 15 is 0 Å². The Morgan fingerprint density at radius 1 is 0.444 bits per heavy atom. The van der Waals surface area contributed by atoms with Crippen LogP contribution < -0.4 is 18.9 Å². The van der Waals surface area contributed by atoms with Crippen molar-refractivity contribution in [2.24, 2.45) is 0 Å². The lowest BCUT2D eigenvalue weighted by atomic mass is 10.1. The average Bonchev–Trinajstić information content (AvgIpc) is 3.20. The van der Waals surface area contributed by atoms with Gasteiger partial charge in [-0.1, -0.05) is 75.9 Å². The van der Waals surface area contributed by atoms with E-state index < -0.39 is 23.9 Å². The third kappa shape index (κ3) is 13.9. The zero-order valence-corrected chi connectivity index (χ0v) is 30.6. The van der Waals surface area contributed by atoms with Gasteiger partial charge in [0.1, 0.15) is 23.0 Å². The van der Waals surface area contributed by atoms with Crippen LogP contribution in [0, 0.1) is 0 Å². The van der Waals surface area contributed by atoms with E-state index in [9.17, 15) is 19.2 Å². The molecule has 10 heteroatoms. The summed E-state index contributed by atoms with van der Waals surface area (Å²) < 4.78 is 33.2. The summed E-state index contributed by atoms with van der Waals surface area (Å²) in [6, 6.07) is 24.1. The molecule has 54 heavy (non-hydrogen) atoms. The van der Waals surface area contributed by atoms with Gasteiger partial charge in [-0.2, -0.15) is 0 Å². The molecule has 0 unspecified atom stereocenters. The molecule has 0 saturated carbocycles. The van der Waals surface area contributed by atoms with Crippen LogP contribution in [0.1, 0.15) is 84.9 Å². The van der Waals surface area contributed by atoms with Crippen molar-refractivity contribution in [1.82, 2.24) is 0 Å². The van der Waals surface area contributed by atoms with E-state index in [0.717, 1.165) is 64.2 Å². The quantitative estimate of drug-likeness (QED) is 0.0297. The van der Waals surface area contributed by atoms with Gasteiger partial charge in [0, 0.05) is 22.9 Å². The molecule has 0 saturated heterocycles. The molecule has 0 aliphatic carbocycles. The highest BCUT2D eigenvalue weighted by molar-refractivity contribution is 5.99. The molecule has 0 bridgehead atoms. The fourth-order valence-corrected chi connectivity index (χ4v) is 5.43. The third-order valence-electron chi connectivity index (χ3n) is 8.36. The van der Waals surface area contributed by atoms with Gasteiger partial charge in [-0.3, -0.25) is 0 Å². The van der Waals surface area contributed by atoms with E-state index in [1.54, 1.807) is 84.9 Å². The van der Waals surface area contributed by atoms with Gasteiger partial charge in [-0.15, -0.1) is 0 Å². The van der Waals surface area contributed by atoms with Crippen LogP contribution in [0.2, 0.25) is 0 Å². The summed E-state index contributed by atoms with van der Waals surface area (Å²) in [5.41, 5.74) is 0.736. The number of carbonyl (C=O) groups excluding carboxylic acids is 4. The van der Waals surface area contributed by atoms with Gasteiger partial charge < -0.3 is 28.4 Å². The predicted molar refractivity (Wildman–Crippen MR) is 206 cm³/mol. The lowest BCUT2D eigenvalue weighted by molar-refractivity contribution is -0.138. The second-order valence-electron chi connectivity index (χ2n) is 12.4. The Hall–Kier alpha value is -5.90.